The molecule has 3 nitrogen and oxygen atoms in total. The van der Waals surface area contributed by atoms with E-state index in [1.807, 2.05) is 6.07 Å². The number of hydrogen-bond donors (Lipinski definition) is 0. The zero-order chi connectivity index (χ0) is 15.5. The predicted molar refractivity (Wildman–Crippen MR) is 83.6 cm³/mol. The Kier molecular flexibility index (Phi) is 4.66. The van der Waals surface area contributed by atoms with Gasteiger partial charge in [-0.25, -0.2) is 8.42 Å². The number of halogens is 1. The van der Waals surface area contributed by atoms with Crippen molar-refractivity contribution in [3.8, 4) is 6.07 Å². The Morgan fingerprint density at radius 3 is 2.48 bits per heavy atom. The second kappa shape index (κ2) is 6.30. The molecule has 0 aliphatic rings. The maximum atomic E-state index is 12.5. The largest absolute Gasteiger partial charge is 0.228 e. The molecule has 0 bridgehead atoms. The van der Waals surface area contributed by atoms with Crippen LogP contribution in [0.25, 0.3) is 0 Å². The molecule has 0 aliphatic heterocycles. The first-order chi connectivity index (χ1) is 9.92. The zero-order valence-corrected chi connectivity index (χ0v) is 13.0. The van der Waals surface area contributed by atoms with Crippen molar-refractivity contribution in [1.82, 2.24) is 0 Å². The van der Waals surface area contributed by atoms with Crippen LogP contribution in [0.5, 0.6) is 0 Å². The van der Waals surface area contributed by atoms with Gasteiger partial charge < -0.3 is 0 Å². The van der Waals surface area contributed by atoms with Gasteiger partial charge in [0.2, 0.25) is 0 Å². The number of hydrogen-bond acceptors (Lipinski definition) is 3. The van der Waals surface area contributed by atoms with Crippen LogP contribution in [0.3, 0.4) is 0 Å². The van der Waals surface area contributed by atoms with Gasteiger partial charge in [0.15, 0.2) is 9.84 Å². The minimum absolute atomic E-state index is 0.0910. The molecule has 1 atom stereocenters. The molecule has 0 aliphatic carbocycles. The van der Waals surface area contributed by atoms with E-state index in [-0.39, 0.29) is 5.75 Å². The summed E-state index contributed by atoms with van der Waals surface area (Å²) in [5, 5.41) is 8.81. The Labute approximate surface area is 129 Å². The molecule has 0 amide bonds. The third-order valence-electron chi connectivity index (χ3n) is 3.30. The van der Waals surface area contributed by atoms with Crippen LogP contribution in [0.1, 0.15) is 28.9 Å². The third-order valence-corrected chi connectivity index (χ3v) is 5.64. The Morgan fingerprint density at radius 2 is 1.86 bits per heavy atom. The minimum atomic E-state index is -3.36. The molecule has 0 radical (unpaired) electrons. The lowest BCUT2D eigenvalue weighted by atomic mass is 10.2. The smallest absolute Gasteiger partial charge is 0.161 e. The van der Waals surface area contributed by atoms with Crippen molar-refractivity contribution in [2.24, 2.45) is 0 Å². The summed E-state index contributed by atoms with van der Waals surface area (Å²) < 4.78 is 24.9. The first kappa shape index (κ1) is 15.6. The molecule has 5 heteroatoms. The quantitative estimate of drug-likeness (QED) is 0.859. The van der Waals surface area contributed by atoms with E-state index in [1.54, 1.807) is 55.5 Å². The second-order valence-corrected chi connectivity index (χ2v) is 7.57. The molecular formula is C16H14ClNO2S. The van der Waals surface area contributed by atoms with Crippen LogP contribution in [0.4, 0.5) is 0 Å². The lowest BCUT2D eigenvalue weighted by Crippen LogP contribution is -2.13. The normalized spacial score (nSPS) is 12.6. The highest BCUT2D eigenvalue weighted by atomic mass is 35.5. The molecule has 2 aromatic rings. The van der Waals surface area contributed by atoms with Crippen LogP contribution < -0.4 is 0 Å². The van der Waals surface area contributed by atoms with Gasteiger partial charge in [-0.15, -0.1) is 0 Å². The number of sulfone groups is 1. The van der Waals surface area contributed by atoms with Crippen molar-refractivity contribution in [2.45, 2.75) is 17.9 Å². The van der Waals surface area contributed by atoms with Gasteiger partial charge in [-0.1, -0.05) is 35.9 Å². The van der Waals surface area contributed by atoms with E-state index in [1.165, 1.54) is 0 Å². The standard InChI is InChI=1S/C16H14ClNO2S/c1-12(15-5-7-16(17)8-6-15)21(19,20)11-14-4-2-3-13(9-14)10-18/h2-9,12H,11H2,1H3. The topological polar surface area (TPSA) is 57.9 Å². The number of nitrogens with zero attached hydrogens (tertiary/aromatic N) is 1. The van der Waals surface area contributed by atoms with Crippen LogP contribution in [0.15, 0.2) is 48.5 Å². The lowest BCUT2D eigenvalue weighted by molar-refractivity contribution is 0.585. The second-order valence-electron chi connectivity index (χ2n) is 4.81. The van der Waals surface area contributed by atoms with E-state index in [0.717, 1.165) is 0 Å². The van der Waals surface area contributed by atoms with Crippen molar-refractivity contribution in [1.29, 1.82) is 5.26 Å². The molecule has 0 saturated heterocycles. The Bertz CT molecular complexity index is 777. The van der Waals surface area contributed by atoms with Gasteiger partial charge in [-0.3, -0.25) is 0 Å². The molecule has 0 spiro atoms. The summed E-state index contributed by atoms with van der Waals surface area (Å²) in [5.74, 6) is -0.0910. The fourth-order valence-corrected chi connectivity index (χ4v) is 3.62. The van der Waals surface area contributed by atoms with Gasteiger partial charge in [0.25, 0.3) is 0 Å². The summed E-state index contributed by atoms with van der Waals surface area (Å²) in [6, 6.07) is 15.5. The molecule has 2 rings (SSSR count). The number of benzene rings is 2. The molecule has 0 aromatic heterocycles. The highest BCUT2D eigenvalue weighted by molar-refractivity contribution is 7.90. The molecule has 0 heterocycles. The molecule has 1 unspecified atom stereocenters. The lowest BCUT2D eigenvalue weighted by Gasteiger charge is -2.13. The SMILES string of the molecule is CC(c1ccc(Cl)cc1)S(=O)(=O)Cc1cccc(C#N)c1. The summed E-state index contributed by atoms with van der Waals surface area (Å²) in [7, 11) is -3.36. The average molecular weight is 320 g/mol. The predicted octanol–water partition coefficient (Wildman–Crippen LogP) is 3.89. The van der Waals surface area contributed by atoms with Gasteiger partial charge >= 0.3 is 0 Å². The summed E-state index contributed by atoms with van der Waals surface area (Å²) in [6.45, 7) is 1.66. The van der Waals surface area contributed by atoms with Gasteiger partial charge in [0, 0.05) is 5.02 Å². The van der Waals surface area contributed by atoms with E-state index in [0.29, 0.717) is 21.7 Å². The van der Waals surface area contributed by atoms with E-state index < -0.39 is 15.1 Å². The molecular weight excluding hydrogens is 306 g/mol. The van der Waals surface area contributed by atoms with Crippen molar-refractivity contribution < 1.29 is 8.42 Å². The highest BCUT2D eigenvalue weighted by Gasteiger charge is 2.23. The van der Waals surface area contributed by atoms with Crippen molar-refractivity contribution in [3.05, 3.63) is 70.2 Å². The maximum Gasteiger partial charge on any atom is 0.161 e. The van der Waals surface area contributed by atoms with Crippen molar-refractivity contribution >= 4 is 21.4 Å². The van der Waals surface area contributed by atoms with Crippen LogP contribution in [-0.4, -0.2) is 8.42 Å². The average Bonchev–Trinajstić information content (AvgIpc) is 2.47. The van der Waals surface area contributed by atoms with Crippen LogP contribution in [0.2, 0.25) is 5.02 Å². The Morgan fingerprint density at radius 1 is 1.19 bits per heavy atom. The first-order valence-corrected chi connectivity index (χ1v) is 8.48. The number of nitriles is 1. The van der Waals surface area contributed by atoms with Crippen LogP contribution in [-0.2, 0) is 15.6 Å². The molecule has 0 N–H and O–H groups in total. The zero-order valence-electron chi connectivity index (χ0n) is 11.5. The minimum Gasteiger partial charge on any atom is -0.228 e. The first-order valence-electron chi connectivity index (χ1n) is 6.38. The van der Waals surface area contributed by atoms with Gasteiger partial charge in [0.05, 0.1) is 22.6 Å². The molecule has 0 saturated carbocycles. The summed E-state index contributed by atoms with van der Waals surface area (Å²) in [4.78, 5) is 0. The summed E-state index contributed by atoms with van der Waals surface area (Å²) in [5.41, 5.74) is 1.78. The van der Waals surface area contributed by atoms with E-state index in [4.69, 9.17) is 16.9 Å². The van der Waals surface area contributed by atoms with Crippen LogP contribution >= 0.6 is 11.6 Å². The van der Waals surface area contributed by atoms with E-state index in [2.05, 4.69) is 0 Å². The molecule has 2 aromatic carbocycles. The van der Waals surface area contributed by atoms with E-state index >= 15 is 0 Å². The van der Waals surface area contributed by atoms with Crippen LogP contribution in [0, 0.1) is 11.3 Å². The third kappa shape index (κ3) is 3.84. The van der Waals surface area contributed by atoms with Gasteiger partial charge in [-0.05, 0) is 42.3 Å². The van der Waals surface area contributed by atoms with E-state index in [9.17, 15) is 8.42 Å². The number of rotatable bonds is 4. The Balaban J connectivity index is 2.25. The Hall–Kier alpha value is -1.83. The molecule has 0 fully saturated rings. The maximum absolute atomic E-state index is 12.5. The van der Waals surface area contributed by atoms with Crippen molar-refractivity contribution in [2.75, 3.05) is 0 Å². The highest BCUT2D eigenvalue weighted by Crippen LogP contribution is 2.26. The summed E-state index contributed by atoms with van der Waals surface area (Å²) in [6.07, 6.45) is 0. The van der Waals surface area contributed by atoms with Gasteiger partial charge in [-0.2, -0.15) is 5.26 Å². The monoisotopic (exact) mass is 319 g/mol. The molecule has 108 valence electrons. The molecule has 21 heavy (non-hydrogen) atoms. The summed E-state index contributed by atoms with van der Waals surface area (Å²) >= 11 is 5.81. The van der Waals surface area contributed by atoms with Gasteiger partial charge in [0.1, 0.15) is 0 Å². The van der Waals surface area contributed by atoms with Crippen molar-refractivity contribution in [3.63, 3.8) is 0 Å². The fraction of sp³-hybridized carbons (Fsp3) is 0.188. The fourth-order valence-electron chi connectivity index (χ4n) is 2.03.